The first-order chi connectivity index (χ1) is 21.5. The van der Waals surface area contributed by atoms with Crippen molar-refractivity contribution in [3.63, 3.8) is 0 Å². The third-order valence-corrected chi connectivity index (χ3v) is 13.3. The van der Waals surface area contributed by atoms with Gasteiger partial charge in [-0.05, 0) is 69.1 Å². The topological polar surface area (TPSA) is 185 Å². The van der Waals surface area contributed by atoms with Crippen LogP contribution >= 0.6 is 0 Å². The smallest absolute Gasteiger partial charge is 0.315 e. The summed E-state index contributed by atoms with van der Waals surface area (Å²) >= 11 is 0. The number of nitrogens with zero attached hydrogens (tertiary/aromatic N) is 1. The summed E-state index contributed by atoms with van der Waals surface area (Å²) < 4.78 is 25.6. The summed E-state index contributed by atoms with van der Waals surface area (Å²) in [6.45, 7) is 17.2. The maximum atomic E-state index is 14.3. The Hall–Kier alpha value is -2.70. The summed E-state index contributed by atoms with van der Waals surface area (Å²) in [5, 5.41) is 8.61. The second-order valence-corrected chi connectivity index (χ2v) is 19.7. The van der Waals surface area contributed by atoms with Crippen LogP contribution in [0, 0.1) is 22.7 Å². The third-order valence-electron chi connectivity index (χ3n) is 10.5. The molecule has 0 aromatic heterocycles. The number of rotatable bonds is 13. The van der Waals surface area contributed by atoms with E-state index in [0.717, 1.165) is 25.7 Å². The molecule has 0 bridgehead atoms. The number of amides is 5. The van der Waals surface area contributed by atoms with Crippen molar-refractivity contribution >= 4 is 39.4 Å². The maximum Gasteiger partial charge on any atom is 0.315 e. The molecule has 3 rings (SSSR count). The predicted molar refractivity (Wildman–Crippen MR) is 181 cm³/mol. The van der Waals surface area contributed by atoms with Gasteiger partial charge in [0.05, 0.1) is 22.1 Å². The van der Waals surface area contributed by atoms with Crippen LogP contribution in [0.4, 0.5) is 4.79 Å². The largest absolute Gasteiger partial charge is 0.363 e. The molecule has 5 amide bonds. The zero-order valence-electron chi connectivity index (χ0n) is 30.0. The Morgan fingerprint density at radius 1 is 0.936 bits per heavy atom. The highest BCUT2D eigenvalue weighted by Gasteiger charge is 2.69. The average molecular weight is 682 g/mol. The van der Waals surface area contributed by atoms with Crippen LogP contribution in [-0.4, -0.2) is 83.6 Å². The minimum absolute atomic E-state index is 0.0559. The molecule has 0 aromatic rings. The first kappa shape index (κ1) is 38.7. The third kappa shape index (κ3) is 9.06. The summed E-state index contributed by atoms with van der Waals surface area (Å²) in [4.78, 5) is 67.8. The number of carbonyl (C=O) groups excluding carboxylic acids is 5. The van der Waals surface area contributed by atoms with Gasteiger partial charge < -0.3 is 26.6 Å². The molecule has 3 aliphatic rings. The van der Waals surface area contributed by atoms with Crippen molar-refractivity contribution in [2.24, 2.45) is 28.4 Å². The van der Waals surface area contributed by atoms with Gasteiger partial charge in [0, 0.05) is 6.54 Å². The van der Waals surface area contributed by atoms with Crippen LogP contribution in [0.3, 0.4) is 0 Å². The van der Waals surface area contributed by atoms with E-state index in [-0.39, 0.29) is 41.3 Å². The number of likely N-dealkylation sites (tertiary alicyclic amines) is 1. The molecule has 5 N–H and O–H groups in total. The first-order valence-electron chi connectivity index (χ1n) is 17.2. The fourth-order valence-electron chi connectivity index (χ4n) is 7.48. The highest BCUT2D eigenvalue weighted by atomic mass is 32.2. The minimum atomic E-state index is -3.56. The number of sulfone groups is 1. The van der Waals surface area contributed by atoms with E-state index in [0.29, 0.717) is 25.8 Å². The lowest BCUT2D eigenvalue weighted by molar-refractivity contribution is -0.144. The molecule has 12 nitrogen and oxygen atoms in total. The van der Waals surface area contributed by atoms with Crippen molar-refractivity contribution in [1.82, 2.24) is 20.9 Å². The zero-order valence-corrected chi connectivity index (χ0v) is 30.8. The minimum Gasteiger partial charge on any atom is -0.363 e. The predicted octanol–water partition coefficient (Wildman–Crippen LogP) is 3.22. The number of fused-ring (bicyclic) bond motifs is 1. The van der Waals surface area contributed by atoms with Gasteiger partial charge in [-0.3, -0.25) is 19.2 Å². The molecular formula is C34H59N5O7S. The molecule has 1 saturated heterocycles. The number of hydrogen-bond donors (Lipinski definition) is 4. The molecule has 3 fully saturated rings. The zero-order chi connectivity index (χ0) is 35.8. The molecule has 4 unspecified atom stereocenters. The van der Waals surface area contributed by atoms with Crippen LogP contribution < -0.4 is 21.7 Å². The van der Waals surface area contributed by atoms with Gasteiger partial charge in [0.15, 0.2) is 9.84 Å². The van der Waals surface area contributed by atoms with Crippen molar-refractivity contribution in [2.45, 2.75) is 149 Å². The van der Waals surface area contributed by atoms with Gasteiger partial charge in [0.25, 0.3) is 5.91 Å². The van der Waals surface area contributed by atoms with Crippen molar-refractivity contribution in [2.75, 3.05) is 12.3 Å². The number of hydrogen-bond acceptors (Lipinski definition) is 7. The standard InChI is InChI=1S/C34H59N5O7S/c1-10-11-15-22(26(40)27(35)41)36-28(42)25-24-21(33(24,8)9)19-39(25)29(43)23(18-31(2,3)4)37-30(44)38-34(16-13-12-14-17-34)20-47(45,46)32(5,6)7/h21-25H,10-20H2,1-9H3,(H2,35,41)(H,36,42)(H2,37,38,44)/t21?,22?,23?,24?,25-/m0/s1. The van der Waals surface area contributed by atoms with Crippen molar-refractivity contribution in [3.05, 3.63) is 0 Å². The Kier molecular flexibility index (Phi) is 11.6. The molecular weight excluding hydrogens is 622 g/mol. The van der Waals surface area contributed by atoms with Crippen LogP contribution in [0.2, 0.25) is 0 Å². The molecule has 268 valence electrons. The molecule has 0 aromatic carbocycles. The van der Waals surface area contributed by atoms with Crippen molar-refractivity contribution in [3.8, 4) is 0 Å². The summed E-state index contributed by atoms with van der Waals surface area (Å²) in [7, 11) is -3.56. The summed E-state index contributed by atoms with van der Waals surface area (Å²) in [5.74, 6) is -3.21. The van der Waals surface area contributed by atoms with E-state index >= 15 is 0 Å². The van der Waals surface area contributed by atoms with Crippen molar-refractivity contribution < 1.29 is 32.4 Å². The highest BCUT2D eigenvalue weighted by Crippen LogP contribution is 2.65. The normalized spacial score (nSPS) is 24.8. The Balaban J connectivity index is 1.87. The molecule has 0 spiro atoms. The average Bonchev–Trinajstić information content (AvgIpc) is 3.25. The van der Waals surface area contributed by atoms with Gasteiger partial charge >= 0.3 is 6.03 Å². The Labute approximate surface area is 281 Å². The van der Waals surface area contributed by atoms with Crippen molar-refractivity contribution in [1.29, 1.82) is 0 Å². The Morgan fingerprint density at radius 3 is 2.04 bits per heavy atom. The molecule has 47 heavy (non-hydrogen) atoms. The van der Waals surface area contributed by atoms with E-state index < -0.39 is 67.8 Å². The SMILES string of the molecule is CCCCC(NC(=O)[C@@H]1C2C(CN1C(=O)C(CC(C)(C)C)NC(=O)NC1(CS(=O)(=O)C(C)(C)C)CCCCC1)C2(C)C)C(=O)C(N)=O. The summed E-state index contributed by atoms with van der Waals surface area (Å²) in [6, 6.07) is -3.57. The lowest BCUT2D eigenvalue weighted by atomic mass is 9.83. The number of piperidine rings is 1. The van der Waals surface area contributed by atoms with Gasteiger partial charge in [-0.15, -0.1) is 0 Å². The lowest BCUT2D eigenvalue weighted by Crippen LogP contribution is -2.62. The quantitative estimate of drug-likeness (QED) is 0.215. The lowest BCUT2D eigenvalue weighted by Gasteiger charge is -2.40. The van der Waals surface area contributed by atoms with Gasteiger partial charge in [0.2, 0.25) is 17.6 Å². The number of ketones is 1. The van der Waals surface area contributed by atoms with Crippen LogP contribution in [0.15, 0.2) is 0 Å². The summed E-state index contributed by atoms with van der Waals surface area (Å²) in [5.41, 5.74) is 3.74. The second-order valence-electron chi connectivity index (χ2n) is 16.9. The van der Waals surface area contributed by atoms with E-state index in [1.165, 1.54) is 4.90 Å². The van der Waals surface area contributed by atoms with Crippen LogP contribution in [0.5, 0.6) is 0 Å². The summed E-state index contributed by atoms with van der Waals surface area (Å²) in [6.07, 6.45) is 5.42. The molecule has 5 atom stereocenters. The van der Waals surface area contributed by atoms with Gasteiger partial charge in [0.1, 0.15) is 12.1 Å². The van der Waals surface area contributed by atoms with Gasteiger partial charge in [-0.2, -0.15) is 0 Å². The van der Waals surface area contributed by atoms with E-state index in [9.17, 15) is 32.4 Å². The van der Waals surface area contributed by atoms with Crippen LogP contribution in [0.25, 0.3) is 0 Å². The number of unbranched alkanes of at least 4 members (excludes halogenated alkanes) is 1. The number of primary amides is 1. The van der Waals surface area contributed by atoms with Gasteiger partial charge in [-0.1, -0.05) is 73.6 Å². The van der Waals surface area contributed by atoms with E-state index in [1.54, 1.807) is 20.8 Å². The van der Waals surface area contributed by atoms with Gasteiger partial charge in [-0.25, -0.2) is 13.2 Å². The van der Waals surface area contributed by atoms with E-state index in [1.807, 2.05) is 41.5 Å². The molecule has 2 saturated carbocycles. The fourth-order valence-corrected chi connectivity index (χ4v) is 9.00. The van der Waals surface area contributed by atoms with Crippen LogP contribution in [-0.2, 0) is 29.0 Å². The number of Topliss-reactive ketones (excluding diaryl/α,β-unsaturated/α-hetero) is 1. The molecule has 1 aliphatic heterocycles. The monoisotopic (exact) mass is 681 g/mol. The number of urea groups is 1. The first-order valence-corrected chi connectivity index (χ1v) is 18.9. The Morgan fingerprint density at radius 2 is 1.53 bits per heavy atom. The second kappa shape index (κ2) is 14.0. The molecule has 1 heterocycles. The molecule has 13 heteroatoms. The number of nitrogens with two attached hydrogens (primary N) is 1. The number of carbonyl (C=O) groups is 5. The highest BCUT2D eigenvalue weighted by molar-refractivity contribution is 7.92. The van der Waals surface area contributed by atoms with E-state index in [2.05, 4.69) is 16.0 Å². The van der Waals surface area contributed by atoms with E-state index in [4.69, 9.17) is 5.73 Å². The molecule has 2 aliphatic carbocycles. The number of nitrogens with one attached hydrogen (secondary N) is 3. The Bertz CT molecular complexity index is 1320. The molecule has 0 radical (unpaired) electrons. The maximum absolute atomic E-state index is 14.3. The van der Waals surface area contributed by atoms with Crippen LogP contribution in [0.1, 0.15) is 120 Å². The fraction of sp³-hybridized carbons (Fsp3) is 0.853.